The molecule has 0 radical (unpaired) electrons. The van der Waals surface area contributed by atoms with Gasteiger partial charge in [0, 0.05) is 24.7 Å². The molecule has 8 nitrogen and oxygen atoms in total. The summed E-state index contributed by atoms with van der Waals surface area (Å²) in [7, 11) is 0. The number of nitrogens with zero attached hydrogens (tertiary/aromatic N) is 1. The van der Waals surface area contributed by atoms with Crippen molar-refractivity contribution in [2.24, 2.45) is 0 Å². The molecule has 0 bridgehead atoms. The van der Waals surface area contributed by atoms with E-state index in [-0.39, 0.29) is 24.5 Å². The highest BCUT2D eigenvalue weighted by atomic mass is 16.6. The SMILES string of the molecule is CC(C)(C)OC(=O)NC1CCN(C(=O)c2ccc3c(c2)OCC(=O)N3)CC1. The Morgan fingerprint density at radius 1 is 1.26 bits per heavy atom. The van der Waals surface area contributed by atoms with Gasteiger partial charge in [-0.3, -0.25) is 9.59 Å². The molecule has 1 saturated heterocycles. The summed E-state index contributed by atoms with van der Waals surface area (Å²) in [4.78, 5) is 37.7. The summed E-state index contributed by atoms with van der Waals surface area (Å²) in [5.41, 5.74) is 0.556. The van der Waals surface area contributed by atoms with Crippen molar-refractivity contribution in [3.63, 3.8) is 0 Å². The molecule has 0 atom stereocenters. The molecule has 2 N–H and O–H groups in total. The number of ether oxygens (including phenoxy) is 2. The first kappa shape index (κ1) is 19.0. The Morgan fingerprint density at radius 3 is 2.63 bits per heavy atom. The maximum atomic E-state index is 12.7. The van der Waals surface area contributed by atoms with Crippen LogP contribution in [0.15, 0.2) is 18.2 Å². The molecule has 0 saturated carbocycles. The molecule has 0 aromatic heterocycles. The molecular weight excluding hydrogens is 350 g/mol. The fourth-order valence-corrected chi connectivity index (χ4v) is 3.09. The van der Waals surface area contributed by atoms with E-state index in [2.05, 4.69) is 10.6 Å². The van der Waals surface area contributed by atoms with E-state index in [1.807, 2.05) is 20.8 Å². The van der Waals surface area contributed by atoms with Crippen LogP contribution in [0.2, 0.25) is 0 Å². The summed E-state index contributed by atoms with van der Waals surface area (Å²) >= 11 is 0. The third-order valence-corrected chi connectivity index (χ3v) is 4.36. The highest BCUT2D eigenvalue weighted by Gasteiger charge is 2.27. The van der Waals surface area contributed by atoms with Crippen molar-refractivity contribution in [1.82, 2.24) is 10.2 Å². The van der Waals surface area contributed by atoms with Crippen LogP contribution in [0.4, 0.5) is 10.5 Å². The molecule has 0 aliphatic carbocycles. The van der Waals surface area contributed by atoms with E-state index in [1.165, 1.54) is 0 Å². The second-order valence-electron chi connectivity index (χ2n) is 7.76. The lowest BCUT2D eigenvalue weighted by Gasteiger charge is -2.33. The van der Waals surface area contributed by atoms with E-state index >= 15 is 0 Å². The van der Waals surface area contributed by atoms with Gasteiger partial charge in [0.2, 0.25) is 0 Å². The highest BCUT2D eigenvalue weighted by molar-refractivity contribution is 5.99. The first-order chi connectivity index (χ1) is 12.7. The van der Waals surface area contributed by atoms with Crippen molar-refractivity contribution in [2.75, 3.05) is 25.0 Å². The van der Waals surface area contributed by atoms with Crippen molar-refractivity contribution in [2.45, 2.75) is 45.3 Å². The molecule has 3 rings (SSSR count). The van der Waals surface area contributed by atoms with Gasteiger partial charge >= 0.3 is 6.09 Å². The zero-order valence-corrected chi connectivity index (χ0v) is 15.8. The number of carbonyl (C=O) groups excluding carboxylic acids is 3. The molecule has 0 unspecified atom stereocenters. The quantitative estimate of drug-likeness (QED) is 0.826. The fourth-order valence-electron chi connectivity index (χ4n) is 3.09. The molecule has 2 heterocycles. The number of amides is 3. The minimum Gasteiger partial charge on any atom is -0.482 e. The maximum absolute atomic E-state index is 12.7. The summed E-state index contributed by atoms with van der Waals surface area (Å²) in [5, 5.41) is 5.57. The zero-order chi connectivity index (χ0) is 19.6. The molecule has 8 heteroatoms. The van der Waals surface area contributed by atoms with E-state index in [0.717, 1.165) is 0 Å². The lowest BCUT2D eigenvalue weighted by molar-refractivity contribution is -0.118. The highest BCUT2D eigenvalue weighted by Crippen LogP contribution is 2.29. The minimum absolute atomic E-state index is 0.00835. The van der Waals surface area contributed by atoms with Crippen molar-refractivity contribution in [3.8, 4) is 5.75 Å². The summed E-state index contributed by atoms with van der Waals surface area (Å²) in [6.07, 6.45) is 0.909. The average molecular weight is 375 g/mol. The van der Waals surface area contributed by atoms with E-state index in [4.69, 9.17) is 9.47 Å². The number of anilines is 1. The number of piperidine rings is 1. The van der Waals surface area contributed by atoms with Crippen molar-refractivity contribution < 1.29 is 23.9 Å². The van der Waals surface area contributed by atoms with E-state index in [9.17, 15) is 14.4 Å². The number of nitrogens with one attached hydrogen (secondary N) is 2. The van der Waals surface area contributed by atoms with Crippen LogP contribution in [0.1, 0.15) is 44.0 Å². The van der Waals surface area contributed by atoms with Crippen LogP contribution in [-0.2, 0) is 9.53 Å². The monoisotopic (exact) mass is 375 g/mol. The number of fused-ring (bicyclic) bond motifs is 1. The first-order valence-corrected chi connectivity index (χ1v) is 9.07. The number of rotatable bonds is 2. The molecule has 1 fully saturated rings. The Kier molecular flexibility index (Phi) is 5.25. The lowest BCUT2D eigenvalue weighted by Crippen LogP contribution is -2.47. The Morgan fingerprint density at radius 2 is 1.96 bits per heavy atom. The van der Waals surface area contributed by atoms with Gasteiger partial charge in [-0.05, 0) is 51.8 Å². The Hall–Kier alpha value is -2.77. The topological polar surface area (TPSA) is 97.0 Å². The molecule has 1 aromatic carbocycles. The molecular formula is C19H25N3O5. The number of hydrogen-bond donors (Lipinski definition) is 2. The van der Waals surface area contributed by atoms with Crippen LogP contribution in [-0.4, -0.2) is 54.1 Å². The smallest absolute Gasteiger partial charge is 0.407 e. The summed E-state index contributed by atoms with van der Waals surface area (Å²) in [6.45, 7) is 6.51. The van der Waals surface area contributed by atoms with Crippen LogP contribution in [0.3, 0.4) is 0 Å². The predicted octanol–water partition coefficient (Wildman–Crippen LogP) is 2.15. The van der Waals surface area contributed by atoms with Gasteiger partial charge in [0.25, 0.3) is 11.8 Å². The largest absolute Gasteiger partial charge is 0.482 e. The molecule has 2 aliphatic rings. The van der Waals surface area contributed by atoms with Crippen molar-refractivity contribution >= 4 is 23.6 Å². The van der Waals surface area contributed by atoms with Crippen molar-refractivity contribution in [1.29, 1.82) is 0 Å². The van der Waals surface area contributed by atoms with Gasteiger partial charge in [-0.1, -0.05) is 0 Å². The number of alkyl carbamates (subject to hydrolysis) is 1. The van der Waals surface area contributed by atoms with Gasteiger partial charge in [0.15, 0.2) is 6.61 Å². The molecule has 3 amide bonds. The number of likely N-dealkylation sites (tertiary alicyclic amines) is 1. The summed E-state index contributed by atoms with van der Waals surface area (Å²) < 4.78 is 10.6. The average Bonchev–Trinajstić information content (AvgIpc) is 2.59. The molecule has 0 spiro atoms. The van der Waals surface area contributed by atoms with E-state index in [0.29, 0.717) is 42.9 Å². The normalized spacial score (nSPS) is 17.4. The van der Waals surface area contributed by atoms with Crippen LogP contribution in [0.25, 0.3) is 0 Å². The van der Waals surface area contributed by atoms with Gasteiger partial charge in [0.1, 0.15) is 11.4 Å². The second kappa shape index (κ2) is 7.46. The van der Waals surface area contributed by atoms with Crippen LogP contribution >= 0.6 is 0 Å². The van der Waals surface area contributed by atoms with Gasteiger partial charge in [-0.25, -0.2) is 4.79 Å². The summed E-state index contributed by atoms with van der Waals surface area (Å²) in [6, 6.07) is 5.01. The van der Waals surface area contributed by atoms with Gasteiger partial charge in [-0.15, -0.1) is 0 Å². The molecule has 146 valence electrons. The van der Waals surface area contributed by atoms with Gasteiger partial charge in [-0.2, -0.15) is 0 Å². The van der Waals surface area contributed by atoms with Gasteiger partial charge in [0.05, 0.1) is 5.69 Å². The maximum Gasteiger partial charge on any atom is 0.407 e. The summed E-state index contributed by atoms with van der Waals surface area (Å²) in [5.74, 6) is 0.206. The van der Waals surface area contributed by atoms with Crippen LogP contribution in [0, 0.1) is 0 Å². The zero-order valence-electron chi connectivity index (χ0n) is 15.8. The number of benzene rings is 1. The van der Waals surface area contributed by atoms with Crippen LogP contribution in [0.5, 0.6) is 5.75 Å². The van der Waals surface area contributed by atoms with E-state index < -0.39 is 11.7 Å². The lowest BCUT2D eigenvalue weighted by atomic mass is 10.0. The molecule has 1 aromatic rings. The second-order valence-corrected chi connectivity index (χ2v) is 7.76. The molecule has 2 aliphatic heterocycles. The Bertz CT molecular complexity index is 748. The predicted molar refractivity (Wildman–Crippen MR) is 98.9 cm³/mol. The van der Waals surface area contributed by atoms with Crippen molar-refractivity contribution in [3.05, 3.63) is 23.8 Å². The van der Waals surface area contributed by atoms with Crippen LogP contribution < -0.4 is 15.4 Å². The third-order valence-electron chi connectivity index (χ3n) is 4.36. The molecule has 27 heavy (non-hydrogen) atoms. The standard InChI is InChI=1S/C19H25N3O5/c1-19(2,3)27-18(25)20-13-6-8-22(9-7-13)17(24)12-4-5-14-15(10-12)26-11-16(23)21-14/h4-5,10,13H,6-9,11H2,1-3H3,(H,20,25)(H,21,23). The third kappa shape index (κ3) is 4.90. The first-order valence-electron chi connectivity index (χ1n) is 9.07. The number of carbonyl (C=O) groups is 3. The minimum atomic E-state index is -0.533. The van der Waals surface area contributed by atoms with Gasteiger partial charge < -0.3 is 25.0 Å². The Labute approximate surface area is 158 Å². The fraction of sp³-hybridized carbons (Fsp3) is 0.526. The Balaban J connectivity index is 1.54. The van der Waals surface area contributed by atoms with E-state index in [1.54, 1.807) is 23.1 Å². The number of hydrogen-bond acceptors (Lipinski definition) is 5.